The molecule has 0 aliphatic carbocycles. The molecule has 1 N–H and O–H groups in total. The van der Waals surface area contributed by atoms with Crippen LogP contribution in [0.2, 0.25) is 0 Å². The Hall–Kier alpha value is -3.59. The number of benzene rings is 1. The third-order valence-electron chi connectivity index (χ3n) is 4.64. The van der Waals surface area contributed by atoms with Crippen molar-refractivity contribution in [2.24, 2.45) is 0 Å². The third kappa shape index (κ3) is 4.36. The lowest BCUT2D eigenvalue weighted by atomic mass is 10.1. The predicted octanol–water partition coefficient (Wildman–Crippen LogP) is 1.68. The summed E-state index contributed by atoms with van der Waals surface area (Å²) in [7, 11) is 0. The second-order valence-corrected chi connectivity index (χ2v) is 6.96. The minimum absolute atomic E-state index is 0.00580. The molecule has 4 rings (SSSR count). The Balaban J connectivity index is 1.58. The van der Waals surface area contributed by atoms with Gasteiger partial charge in [0, 0.05) is 30.8 Å². The highest BCUT2D eigenvalue weighted by molar-refractivity contribution is 5.55. The van der Waals surface area contributed by atoms with E-state index in [9.17, 15) is 4.79 Å². The van der Waals surface area contributed by atoms with E-state index >= 15 is 0 Å². The summed E-state index contributed by atoms with van der Waals surface area (Å²) < 4.78 is 5.08. The molecular formula is C21H23N7O2. The highest BCUT2D eigenvalue weighted by atomic mass is 16.3. The zero-order valence-corrected chi connectivity index (χ0v) is 16.7. The molecule has 3 heterocycles. The molecule has 0 aliphatic heterocycles. The van der Waals surface area contributed by atoms with Gasteiger partial charge in [-0.05, 0) is 18.1 Å². The van der Waals surface area contributed by atoms with Crippen LogP contribution in [-0.4, -0.2) is 46.0 Å². The van der Waals surface area contributed by atoms with Crippen LogP contribution in [0.15, 0.2) is 60.0 Å². The number of aryl methyl sites for hydroxylation is 1. The number of aliphatic hydroxyl groups is 1. The van der Waals surface area contributed by atoms with Gasteiger partial charge in [0.15, 0.2) is 5.82 Å². The van der Waals surface area contributed by atoms with E-state index in [0.29, 0.717) is 24.5 Å². The normalized spacial score (nSPS) is 11.1. The van der Waals surface area contributed by atoms with Crippen LogP contribution >= 0.6 is 0 Å². The van der Waals surface area contributed by atoms with Crippen molar-refractivity contribution in [1.82, 2.24) is 34.3 Å². The van der Waals surface area contributed by atoms with Crippen LogP contribution in [0, 0.1) is 0 Å². The quantitative estimate of drug-likeness (QED) is 0.478. The molecular weight excluding hydrogens is 382 g/mol. The summed E-state index contributed by atoms with van der Waals surface area (Å²) in [5.74, 6) is 0.667. The minimum atomic E-state index is -0.121. The Bertz CT molecular complexity index is 1190. The molecule has 0 amide bonds. The molecule has 30 heavy (non-hydrogen) atoms. The van der Waals surface area contributed by atoms with E-state index in [1.54, 1.807) is 34.3 Å². The van der Waals surface area contributed by atoms with Crippen LogP contribution in [-0.2, 0) is 19.5 Å². The molecule has 0 fully saturated rings. The van der Waals surface area contributed by atoms with E-state index in [4.69, 9.17) is 5.11 Å². The molecule has 154 valence electrons. The zero-order valence-electron chi connectivity index (χ0n) is 16.7. The predicted molar refractivity (Wildman–Crippen MR) is 111 cm³/mol. The van der Waals surface area contributed by atoms with Gasteiger partial charge in [0.25, 0.3) is 0 Å². The smallest absolute Gasteiger partial charge is 0.203 e. The van der Waals surface area contributed by atoms with E-state index in [1.807, 2.05) is 28.9 Å². The van der Waals surface area contributed by atoms with Crippen molar-refractivity contribution < 1.29 is 5.11 Å². The second kappa shape index (κ2) is 8.83. The molecule has 0 unspecified atom stereocenters. The van der Waals surface area contributed by atoms with Crippen LogP contribution in [0.25, 0.3) is 17.1 Å². The fourth-order valence-electron chi connectivity index (χ4n) is 3.19. The summed E-state index contributed by atoms with van der Waals surface area (Å²) in [6.07, 6.45) is 8.17. The zero-order chi connectivity index (χ0) is 20.9. The maximum Gasteiger partial charge on any atom is 0.203 e. The van der Waals surface area contributed by atoms with Crippen molar-refractivity contribution in [3.05, 3.63) is 76.7 Å². The third-order valence-corrected chi connectivity index (χ3v) is 4.64. The molecule has 9 nitrogen and oxygen atoms in total. The molecule has 4 aromatic rings. The molecule has 0 radical (unpaired) electrons. The fourth-order valence-corrected chi connectivity index (χ4v) is 3.19. The van der Waals surface area contributed by atoms with Gasteiger partial charge in [-0.15, -0.1) is 0 Å². The lowest BCUT2D eigenvalue weighted by Gasteiger charge is -2.06. The standard InChI is InChI=1S/C21H23N7O2/c1-2-7-27-15-22-21(25-27)17-5-3-4-16(11-17)12-19-20(30)6-8-28(24-19)18-13-23-26(14-18)9-10-29/h3-6,8,11,13-15,29H,2,7,9-10,12H2,1H3. The van der Waals surface area contributed by atoms with Gasteiger partial charge in [-0.1, -0.05) is 25.1 Å². The highest BCUT2D eigenvalue weighted by Crippen LogP contribution is 2.17. The van der Waals surface area contributed by atoms with Gasteiger partial charge >= 0.3 is 0 Å². The number of aromatic nitrogens is 7. The van der Waals surface area contributed by atoms with Gasteiger partial charge in [-0.3, -0.25) is 14.2 Å². The van der Waals surface area contributed by atoms with Crippen molar-refractivity contribution in [2.45, 2.75) is 32.9 Å². The molecule has 3 aromatic heterocycles. The maximum absolute atomic E-state index is 12.4. The first-order valence-corrected chi connectivity index (χ1v) is 9.87. The number of hydrogen-bond donors (Lipinski definition) is 1. The minimum Gasteiger partial charge on any atom is -0.394 e. The van der Waals surface area contributed by atoms with Crippen molar-refractivity contribution in [3.63, 3.8) is 0 Å². The van der Waals surface area contributed by atoms with Crippen LogP contribution in [0.4, 0.5) is 0 Å². The Morgan fingerprint density at radius 3 is 2.83 bits per heavy atom. The maximum atomic E-state index is 12.4. The summed E-state index contributed by atoms with van der Waals surface area (Å²) in [5, 5.41) is 22.2. The van der Waals surface area contributed by atoms with Crippen molar-refractivity contribution in [1.29, 1.82) is 0 Å². The van der Waals surface area contributed by atoms with Crippen molar-refractivity contribution in [2.75, 3.05) is 6.61 Å². The number of rotatable bonds is 8. The first-order chi connectivity index (χ1) is 14.7. The molecule has 1 aromatic carbocycles. The van der Waals surface area contributed by atoms with Crippen LogP contribution in [0.5, 0.6) is 0 Å². The van der Waals surface area contributed by atoms with Gasteiger partial charge in [-0.2, -0.15) is 15.3 Å². The summed E-state index contributed by atoms with van der Waals surface area (Å²) in [4.78, 5) is 16.8. The van der Waals surface area contributed by atoms with Gasteiger partial charge in [0.05, 0.1) is 25.5 Å². The summed E-state index contributed by atoms with van der Waals surface area (Å²) in [6.45, 7) is 3.34. The van der Waals surface area contributed by atoms with Crippen LogP contribution in [0.1, 0.15) is 24.6 Å². The molecule has 0 saturated heterocycles. The van der Waals surface area contributed by atoms with E-state index in [-0.39, 0.29) is 12.0 Å². The second-order valence-electron chi connectivity index (χ2n) is 6.96. The summed E-state index contributed by atoms with van der Waals surface area (Å²) >= 11 is 0. The van der Waals surface area contributed by atoms with E-state index < -0.39 is 0 Å². The number of nitrogens with zero attached hydrogens (tertiary/aromatic N) is 7. The van der Waals surface area contributed by atoms with Crippen molar-refractivity contribution >= 4 is 0 Å². The Morgan fingerprint density at radius 1 is 1.10 bits per heavy atom. The van der Waals surface area contributed by atoms with E-state index in [0.717, 1.165) is 29.8 Å². The largest absolute Gasteiger partial charge is 0.394 e. The monoisotopic (exact) mass is 405 g/mol. The first-order valence-electron chi connectivity index (χ1n) is 9.87. The lowest BCUT2D eigenvalue weighted by Crippen LogP contribution is -2.16. The van der Waals surface area contributed by atoms with Crippen molar-refractivity contribution in [3.8, 4) is 17.1 Å². The van der Waals surface area contributed by atoms with Gasteiger partial charge in [-0.25, -0.2) is 9.67 Å². The summed E-state index contributed by atoms with van der Waals surface area (Å²) in [6, 6.07) is 9.35. The average Bonchev–Trinajstić information content (AvgIpc) is 3.41. The SMILES string of the molecule is CCCn1cnc(-c2cccc(Cc3nn(-c4cnn(CCO)c4)ccc3=O)c2)n1. The lowest BCUT2D eigenvalue weighted by molar-refractivity contribution is 0.269. The highest BCUT2D eigenvalue weighted by Gasteiger charge is 2.10. The number of aliphatic hydroxyl groups excluding tert-OH is 1. The van der Waals surface area contributed by atoms with E-state index in [1.165, 1.54) is 6.07 Å². The molecule has 0 aliphatic rings. The molecule has 9 heteroatoms. The average molecular weight is 405 g/mol. The molecule has 0 bridgehead atoms. The molecule has 0 spiro atoms. The first kappa shape index (κ1) is 19.7. The molecule has 0 atom stereocenters. The summed E-state index contributed by atoms with van der Waals surface area (Å²) in [5.41, 5.74) is 2.91. The van der Waals surface area contributed by atoms with Crippen LogP contribution < -0.4 is 5.43 Å². The number of hydrogen-bond acceptors (Lipinski definition) is 6. The Labute approximate surface area is 173 Å². The van der Waals surface area contributed by atoms with Crippen LogP contribution in [0.3, 0.4) is 0 Å². The fraction of sp³-hybridized carbons (Fsp3) is 0.286. The van der Waals surface area contributed by atoms with E-state index in [2.05, 4.69) is 27.2 Å². The Kier molecular flexibility index (Phi) is 5.80. The Morgan fingerprint density at radius 2 is 2.00 bits per heavy atom. The topological polar surface area (TPSA) is 104 Å². The van der Waals surface area contributed by atoms with Gasteiger partial charge in [0.2, 0.25) is 5.43 Å². The van der Waals surface area contributed by atoms with Gasteiger partial charge in [0.1, 0.15) is 17.7 Å². The molecule has 0 saturated carbocycles. The van der Waals surface area contributed by atoms with Gasteiger partial charge < -0.3 is 5.11 Å².